The molecule has 0 aromatic heterocycles. The Hall–Kier alpha value is -8.00. The summed E-state index contributed by atoms with van der Waals surface area (Å²) in [4.78, 5) is 1.37. The molecule has 0 spiro atoms. The molecule has 0 N–H and O–H groups in total. The van der Waals surface area contributed by atoms with Crippen molar-refractivity contribution in [2.45, 2.75) is 0 Å². The maximum atomic E-state index is 9.81. The largest absolute Gasteiger partial charge is 0.311 e. The van der Waals surface area contributed by atoms with Crippen molar-refractivity contribution in [3.05, 3.63) is 249 Å². The number of anilines is 3. The molecule has 0 unspecified atom stereocenters. The molecular formula is C60H41N. The molecule has 1 heteroatoms. The smallest absolute Gasteiger partial charge is 0.0645 e. The van der Waals surface area contributed by atoms with E-state index in [2.05, 4.69) is 42.5 Å². The predicted molar refractivity (Wildman–Crippen MR) is 261 cm³/mol. The van der Waals surface area contributed by atoms with Gasteiger partial charge >= 0.3 is 0 Å². The first kappa shape index (κ1) is 28.4. The maximum absolute atomic E-state index is 9.81. The molecule has 1 nitrogen and oxygen atoms in total. The van der Waals surface area contributed by atoms with Crippen molar-refractivity contribution in [1.29, 1.82) is 0 Å². The van der Waals surface area contributed by atoms with E-state index in [4.69, 9.17) is 0 Å². The van der Waals surface area contributed by atoms with Crippen LogP contribution < -0.4 is 4.90 Å². The molecule has 0 aliphatic heterocycles. The Labute approximate surface area is 368 Å². The molecule has 0 atom stereocenters. The summed E-state index contributed by atoms with van der Waals surface area (Å²) in [5, 5.41) is 6.14. The Kier molecular flexibility index (Phi) is 7.29. The minimum Gasteiger partial charge on any atom is -0.311 e. The average molecular weight is 784 g/mol. The second-order valence-corrected chi connectivity index (χ2v) is 15.1. The molecule has 0 radical (unpaired) electrons. The number of hydrogen-bond donors (Lipinski definition) is 0. The Balaban J connectivity index is 1.11. The molecule has 11 rings (SSSR count). The molecule has 0 amide bonds. The zero-order valence-electron chi connectivity index (χ0n) is 41.0. The van der Waals surface area contributed by atoms with Gasteiger partial charge in [0.25, 0.3) is 0 Å². The molecule has 0 saturated carbocycles. The molecule has 61 heavy (non-hydrogen) atoms. The van der Waals surface area contributed by atoms with Gasteiger partial charge in [0, 0.05) is 17.1 Å². The van der Waals surface area contributed by atoms with Crippen LogP contribution >= 0.6 is 0 Å². The summed E-state index contributed by atoms with van der Waals surface area (Å²) < 4.78 is 77.3. The van der Waals surface area contributed by atoms with Crippen LogP contribution in [0.2, 0.25) is 0 Å². The Morgan fingerprint density at radius 2 is 0.705 bits per heavy atom. The highest BCUT2D eigenvalue weighted by molar-refractivity contribution is 6.08. The minimum absolute atomic E-state index is 0.104. The quantitative estimate of drug-likeness (QED) is 0.139. The molecule has 11 aromatic carbocycles. The summed E-state index contributed by atoms with van der Waals surface area (Å²) in [5.41, 5.74) is 6.50. The van der Waals surface area contributed by atoms with Gasteiger partial charge in [0.1, 0.15) is 0 Å². The van der Waals surface area contributed by atoms with Crippen LogP contribution in [0.25, 0.3) is 88.0 Å². The van der Waals surface area contributed by atoms with E-state index in [9.17, 15) is 11.0 Å². The summed E-state index contributed by atoms with van der Waals surface area (Å²) in [7, 11) is 0. The van der Waals surface area contributed by atoms with Crippen LogP contribution in [0, 0.1) is 0 Å². The molecule has 0 fully saturated rings. The molecule has 11 aromatic rings. The number of nitrogens with zero attached hydrogens (tertiary/aromatic N) is 1. The lowest BCUT2D eigenvalue weighted by molar-refractivity contribution is 1.28. The van der Waals surface area contributed by atoms with Gasteiger partial charge < -0.3 is 4.90 Å². The highest BCUT2D eigenvalue weighted by atomic mass is 15.1. The first-order valence-corrected chi connectivity index (χ1v) is 20.3. The lowest BCUT2D eigenvalue weighted by atomic mass is 9.89. The zero-order chi connectivity index (χ0) is 47.5. The fourth-order valence-corrected chi connectivity index (χ4v) is 8.33. The standard InChI is InChI=1S/C60H41N/c1-3-11-42(12-4-1)43-19-21-44(22-20-43)45-25-33-53(34-26-45)61(54-35-27-46(28-36-54)51-32-39-57-52(41-51)24-23-48-15-7-9-17-56(48)57)55-37-29-50(30-38-55)60-58-18-10-8-16-49(58)31-40-59(60)47-13-5-2-6-14-47/h1-41H/i25D,26D,29D,30D,33D,34D,37D,38D. The fraction of sp³-hybridized carbons (Fsp3) is 0. The van der Waals surface area contributed by atoms with Crippen LogP contribution in [0.3, 0.4) is 0 Å². The van der Waals surface area contributed by atoms with Gasteiger partial charge in [0.2, 0.25) is 0 Å². The van der Waals surface area contributed by atoms with Gasteiger partial charge in [-0.2, -0.15) is 0 Å². The van der Waals surface area contributed by atoms with Gasteiger partial charge in [0.15, 0.2) is 0 Å². The maximum Gasteiger partial charge on any atom is 0.0645 e. The topological polar surface area (TPSA) is 3.24 Å². The lowest BCUT2D eigenvalue weighted by Crippen LogP contribution is -2.09. The van der Waals surface area contributed by atoms with Gasteiger partial charge in [-0.3, -0.25) is 0 Å². The van der Waals surface area contributed by atoms with Crippen molar-refractivity contribution in [1.82, 2.24) is 0 Å². The van der Waals surface area contributed by atoms with Gasteiger partial charge in [-0.1, -0.05) is 206 Å². The van der Waals surface area contributed by atoms with E-state index >= 15 is 0 Å². The molecular weight excluding hydrogens is 735 g/mol. The SMILES string of the molecule is [2H]c1c([2H])c(N(c2ccc(-c3ccc4c(ccc5ccccc54)c3)cc2)c2c([2H])c([2H])c(-c3c(-c4ccccc4)ccc4ccccc34)c([2H])c2[2H])c([2H])c([2H])c1-c1ccc(-c2ccccc2)cc1. The summed E-state index contributed by atoms with van der Waals surface area (Å²) in [5.74, 6) is 0. The third kappa shape index (κ3) is 6.93. The second kappa shape index (κ2) is 15.6. The molecule has 0 heterocycles. The van der Waals surface area contributed by atoms with E-state index < -0.39 is 24.2 Å². The summed E-state index contributed by atoms with van der Waals surface area (Å²) in [6, 6.07) is 61.7. The van der Waals surface area contributed by atoms with Gasteiger partial charge in [-0.05, 0) is 130 Å². The molecule has 0 aliphatic rings. The van der Waals surface area contributed by atoms with Crippen LogP contribution in [0.1, 0.15) is 11.0 Å². The third-order valence-corrected chi connectivity index (χ3v) is 11.4. The fourth-order valence-electron chi connectivity index (χ4n) is 8.33. The summed E-state index contributed by atoms with van der Waals surface area (Å²) in [6.07, 6.45) is 0. The van der Waals surface area contributed by atoms with Crippen LogP contribution in [0.5, 0.6) is 0 Å². The van der Waals surface area contributed by atoms with E-state index in [-0.39, 0.29) is 46.7 Å². The molecule has 0 bridgehead atoms. The Morgan fingerprint density at radius 1 is 0.262 bits per heavy atom. The second-order valence-electron chi connectivity index (χ2n) is 15.1. The highest BCUT2D eigenvalue weighted by Gasteiger charge is 2.17. The van der Waals surface area contributed by atoms with Gasteiger partial charge in [-0.15, -0.1) is 0 Å². The monoisotopic (exact) mass is 783 g/mol. The van der Waals surface area contributed by atoms with Crippen molar-refractivity contribution in [3.63, 3.8) is 0 Å². The van der Waals surface area contributed by atoms with Crippen molar-refractivity contribution in [3.8, 4) is 55.6 Å². The molecule has 0 saturated heterocycles. The van der Waals surface area contributed by atoms with Crippen LogP contribution in [-0.4, -0.2) is 0 Å². The number of fused-ring (bicyclic) bond motifs is 4. The molecule has 286 valence electrons. The van der Waals surface area contributed by atoms with E-state index in [0.29, 0.717) is 16.8 Å². The van der Waals surface area contributed by atoms with Crippen LogP contribution in [0.15, 0.2) is 249 Å². The van der Waals surface area contributed by atoms with Gasteiger partial charge in [0.05, 0.1) is 11.0 Å². The lowest BCUT2D eigenvalue weighted by Gasteiger charge is -2.26. The minimum atomic E-state index is -0.402. The van der Waals surface area contributed by atoms with Gasteiger partial charge in [-0.25, -0.2) is 0 Å². The van der Waals surface area contributed by atoms with E-state index in [1.54, 1.807) is 24.3 Å². The van der Waals surface area contributed by atoms with Crippen LogP contribution in [-0.2, 0) is 0 Å². The highest BCUT2D eigenvalue weighted by Crippen LogP contribution is 2.42. The zero-order valence-corrected chi connectivity index (χ0v) is 33.0. The summed E-state index contributed by atoms with van der Waals surface area (Å²) in [6.45, 7) is 0. The van der Waals surface area contributed by atoms with E-state index in [1.165, 1.54) is 4.90 Å². The third-order valence-electron chi connectivity index (χ3n) is 11.4. The van der Waals surface area contributed by atoms with E-state index in [0.717, 1.165) is 65.7 Å². The van der Waals surface area contributed by atoms with Crippen molar-refractivity contribution >= 4 is 49.4 Å². The number of rotatable bonds is 8. The number of hydrogen-bond acceptors (Lipinski definition) is 1. The number of benzene rings is 11. The summed E-state index contributed by atoms with van der Waals surface area (Å²) >= 11 is 0. The van der Waals surface area contributed by atoms with E-state index in [1.807, 2.05) is 133 Å². The first-order valence-electron chi connectivity index (χ1n) is 24.3. The Bertz CT molecular complexity index is 3740. The first-order chi connectivity index (χ1) is 33.6. The van der Waals surface area contributed by atoms with Crippen molar-refractivity contribution < 1.29 is 11.0 Å². The predicted octanol–water partition coefficient (Wildman–Crippen LogP) is 17.0. The van der Waals surface area contributed by atoms with Crippen molar-refractivity contribution in [2.24, 2.45) is 0 Å². The molecule has 0 aliphatic carbocycles. The normalized spacial score (nSPS) is 13.1. The van der Waals surface area contributed by atoms with Crippen molar-refractivity contribution in [2.75, 3.05) is 4.90 Å². The average Bonchev–Trinajstić information content (AvgIpc) is 3.40. The van der Waals surface area contributed by atoms with Crippen LogP contribution in [0.4, 0.5) is 17.1 Å². The Morgan fingerprint density at radius 3 is 1.38 bits per heavy atom.